The van der Waals surface area contributed by atoms with Gasteiger partial charge in [0.25, 0.3) is 0 Å². The quantitative estimate of drug-likeness (QED) is 0.355. The molecular weight excluding hydrogens is 476 g/mol. The molecular formula is C32H44N2O4. The van der Waals surface area contributed by atoms with Crippen LogP contribution < -0.4 is 0 Å². The Bertz CT molecular complexity index is 992. The minimum Gasteiger partial charge on any atom is -0.458 e. The molecule has 2 aromatic rings. The topological polar surface area (TPSA) is 78.4 Å². The Labute approximate surface area is 227 Å². The summed E-state index contributed by atoms with van der Waals surface area (Å²) in [5.41, 5.74) is 2.15. The lowest BCUT2D eigenvalue weighted by atomic mass is 9.75. The molecule has 6 atom stereocenters. The normalized spacial score (nSPS) is 27.8. The molecule has 0 bridgehead atoms. The maximum absolute atomic E-state index is 12.9. The van der Waals surface area contributed by atoms with Crippen molar-refractivity contribution in [2.24, 2.45) is 35.5 Å². The van der Waals surface area contributed by atoms with Crippen LogP contribution in [-0.2, 0) is 9.47 Å². The molecule has 2 aromatic heterocycles. The first-order valence-corrected chi connectivity index (χ1v) is 14.5. The molecule has 2 saturated carbocycles. The van der Waals surface area contributed by atoms with Crippen molar-refractivity contribution in [3.05, 3.63) is 47.8 Å². The van der Waals surface area contributed by atoms with E-state index in [1.165, 1.54) is 12.8 Å². The number of hydrogen-bond donors (Lipinski definition) is 0. The standard InChI is InChI=1S/C32H44N2O4/c1-19(2)25-11-7-21(5)15-29(25)37-31(35)23-9-13-27(33-17-23)28-14-10-24(18-34-28)32(36)38-30-16-22(6)8-12-26(30)20(3)4/h9-10,13-14,17-22,25-26,29-30H,7-8,11-12,15-16H2,1-6H3/t21-,22-,25+,26+,29-,30-/m1/s1. The van der Waals surface area contributed by atoms with Crippen molar-refractivity contribution in [3.63, 3.8) is 0 Å². The Balaban J connectivity index is 1.38. The van der Waals surface area contributed by atoms with E-state index in [1.54, 1.807) is 36.7 Å². The van der Waals surface area contributed by atoms with Crippen molar-refractivity contribution in [1.82, 2.24) is 9.97 Å². The van der Waals surface area contributed by atoms with Gasteiger partial charge < -0.3 is 9.47 Å². The van der Waals surface area contributed by atoms with Gasteiger partial charge >= 0.3 is 11.9 Å². The highest BCUT2D eigenvalue weighted by molar-refractivity contribution is 5.90. The van der Waals surface area contributed by atoms with Crippen molar-refractivity contribution < 1.29 is 19.1 Å². The fraction of sp³-hybridized carbons (Fsp3) is 0.625. The van der Waals surface area contributed by atoms with Crippen LogP contribution >= 0.6 is 0 Å². The first kappa shape index (κ1) is 28.3. The minimum absolute atomic E-state index is 0.0486. The van der Waals surface area contributed by atoms with Crippen LogP contribution in [0.3, 0.4) is 0 Å². The van der Waals surface area contributed by atoms with Gasteiger partial charge in [-0.25, -0.2) is 9.59 Å². The molecule has 0 aliphatic heterocycles. The summed E-state index contributed by atoms with van der Waals surface area (Å²) in [6, 6.07) is 7.02. The second kappa shape index (κ2) is 12.4. The summed E-state index contributed by atoms with van der Waals surface area (Å²) in [6.45, 7) is 13.3. The van der Waals surface area contributed by atoms with E-state index in [9.17, 15) is 9.59 Å². The van der Waals surface area contributed by atoms with Crippen LogP contribution in [0.15, 0.2) is 36.7 Å². The van der Waals surface area contributed by atoms with Gasteiger partial charge in [-0.2, -0.15) is 0 Å². The van der Waals surface area contributed by atoms with Gasteiger partial charge in [-0.3, -0.25) is 9.97 Å². The minimum atomic E-state index is -0.323. The number of carbonyl (C=O) groups excluding carboxylic acids is 2. The fourth-order valence-electron chi connectivity index (χ4n) is 6.24. The highest BCUT2D eigenvalue weighted by Gasteiger charge is 2.35. The molecule has 0 spiro atoms. The number of hydrogen-bond acceptors (Lipinski definition) is 6. The Hall–Kier alpha value is -2.76. The van der Waals surface area contributed by atoms with Crippen LogP contribution in [0.2, 0.25) is 0 Å². The van der Waals surface area contributed by atoms with E-state index in [-0.39, 0.29) is 24.1 Å². The van der Waals surface area contributed by atoms with Gasteiger partial charge in [0, 0.05) is 12.4 Å². The molecule has 2 heterocycles. The average Bonchev–Trinajstić information content (AvgIpc) is 2.88. The zero-order chi connectivity index (χ0) is 27.4. The first-order chi connectivity index (χ1) is 18.1. The van der Waals surface area contributed by atoms with Crippen molar-refractivity contribution in [2.75, 3.05) is 0 Å². The smallest absolute Gasteiger partial charge is 0.339 e. The molecule has 0 aromatic carbocycles. The van der Waals surface area contributed by atoms with Gasteiger partial charge in [0.1, 0.15) is 12.2 Å². The fourth-order valence-corrected chi connectivity index (χ4v) is 6.24. The summed E-state index contributed by atoms with van der Waals surface area (Å²) in [6.07, 6.45) is 9.41. The maximum Gasteiger partial charge on any atom is 0.339 e. The van der Waals surface area contributed by atoms with Crippen molar-refractivity contribution >= 4 is 11.9 Å². The Morgan fingerprint density at radius 3 is 1.39 bits per heavy atom. The summed E-state index contributed by atoms with van der Waals surface area (Å²) >= 11 is 0. The Kier molecular flexibility index (Phi) is 9.22. The molecule has 2 aliphatic rings. The van der Waals surface area contributed by atoms with E-state index in [2.05, 4.69) is 51.5 Å². The second-order valence-corrected chi connectivity index (χ2v) is 12.4. The first-order valence-electron chi connectivity index (χ1n) is 14.5. The van der Waals surface area contributed by atoms with E-state index in [4.69, 9.17) is 9.47 Å². The number of aromatic nitrogens is 2. The largest absolute Gasteiger partial charge is 0.458 e. The van der Waals surface area contributed by atoms with Crippen LogP contribution in [0.25, 0.3) is 11.4 Å². The maximum atomic E-state index is 12.9. The summed E-state index contributed by atoms with van der Waals surface area (Å²) in [4.78, 5) is 34.7. The molecule has 0 amide bonds. The molecule has 0 N–H and O–H groups in total. The summed E-state index contributed by atoms with van der Waals surface area (Å²) in [7, 11) is 0. The number of ether oxygens (including phenoxy) is 2. The lowest BCUT2D eigenvalue weighted by Gasteiger charge is -2.36. The van der Waals surface area contributed by atoms with Crippen LogP contribution in [0, 0.1) is 35.5 Å². The van der Waals surface area contributed by atoms with Crippen LogP contribution in [-0.4, -0.2) is 34.1 Å². The van der Waals surface area contributed by atoms with Crippen molar-refractivity contribution in [2.45, 2.75) is 92.3 Å². The van der Waals surface area contributed by atoms with Gasteiger partial charge in [-0.1, -0.05) is 54.4 Å². The molecule has 206 valence electrons. The SMILES string of the molecule is CC(C)[C@@H]1CC[C@@H](C)C[C@H]1OC(=O)c1ccc(-c2ccc(C(=O)O[C@@H]3C[C@H](C)CC[C@H]3C(C)C)cn2)nc1. The number of pyridine rings is 2. The molecule has 6 nitrogen and oxygen atoms in total. The van der Waals surface area contributed by atoms with Gasteiger partial charge in [0.15, 0.2) is 0 Å². The van der Waals surface area contributed by atoms with Crippen LogP contribution in [0.1, 0.15) is 101 Å². The van der Waals surface area contributed by atoms with E-state index < -0.39 is 0 Å². The predicted molar refractivity (Wildman–Crippen MR) is 149 cm³/mol. The third kappa shape index (κ3) is 6.81. The molecule has 0 radical (unpaired) electrons. The summed E-state index contributed by atoms with van der Waals surface area (Å²) in [5, 5.41) is 0. The zero-order valence-corrected chi connectivity index (χ0v) is 23.9. The van der Waals surface area contributed by atoms with E-state index >= 15 is 0 Å². The predicted octanol–water partition coefficient (Wildman–Crippen LogP) is 7.38. The lowest BCUT2D eigenvalue weighted by molar-refractivity contribution is -0.0182. The summed E-state index contributed by atoms with van der Waals surface area (Å²) < 4.78 is 11.9. The van der Waals surface area contributed by atoms with Crippen molar-refractivity contribution in [3.8, 4) is 11.4 Å². The van der Waals surface area contributed by atoms with E-state index in [1.807, 2.05) is 0 Å². The summed E-state index contributed by atoms with van der Waals surface area (Å²) in [5.74, 6) is 2.25. The molecule has 2 aliphatic carbocycles. The highest BCUT2D eigenvalue weighted by atomic mass is 16.5. The third-order valence-corrected chi connectivity index (χ3v) is 8.70. The number of rotatable bonds is 7. The molecule has 6 heteroatoms. The molecule has 0 unspecified atom stereocenters. The molecule has 2 fully saturated rings. The number of nitrogens with zero attached hydrogens (tertiary/aromatic N) is 2. The van der Waals surface area contributed by atoms with Gasteiger partial charge in [0.2, 0.25) is 0 Å². The highest BCUT2D eigenvalue weighted by Crippen LogP contribution is 2.37. The van der Waals surface area contributed by atoms with Gasteiger partial charge in [-0.15, -0.1) is 0 Å². The Morgan fingerprint density at radius 2 is 1.08 bits per heavy atom. The number of esters is 2. The van der Waals surface area contributed by atoms with E-state index in [0.29, 0.717) is 58.0 Å². The molecule has 38 heavy (non-hydrogen) atoms. The lowest BCUT2D eigenvalue weighted by Crippen LogP contribution is -2.35. The third-order valence-electron chi connectivity index (χ3n) is 8.70. The zero-order valence-electron chi connectivity index (χ0n) is 23.9. The molecule has 0 saturated heterocycles. The number of carbonyl (C=O) groups is 2. The van der Waals surface area contributed by atoms with Gasteiger partial charge in [0.05, 0.1) is 22.5 Å². The van der Waals surface area contributed by atoms with E-state index in [0.717, 1.165) is 25.7 Å². The van der Waals surface area contributed by atoms with Crippen molar-refractivity contribution in [1.29, 1.82) is 0 Å². The Morgan fingerprint density at radius 1 is 0.684 bits per heavy atom. The van der Waals surface area contributed by atoms with Crippen LogP contribution in [0.4, 0.5) is 0 Å². The van der Waals surface area contributed by atoms with Crippen LogP contribution in [0.5, 0.6) is 0 Å². The average molecular weight is 521 g/mol. The molecule has 4 rings (SSSR count). The second-order valence-electron chi connectivity index (χ2n) is 12.4. The monoisotopic (exact) mass is 520 g/mol. The van der Waals surface area contributed by atoms with Gasteiger partial charge in [-0.05, 0) is 85.5 Å².